The van der Waals surface area contributed by atoms with Crippen LogP contribution in [0.5, 0.6) is 0 Å². The van der Waals surface area contributed by atoms with Gasteiger partial charge in [0.1, 0.15) is 4.90 Å². The number of nitrogens with zero attached hydrogens (tertiary/aromatic N) is 1. The third-order valence-corrected chi connectivity index (χ3v) is 4.01. The van der Waals surface area contributed by atoms with Crippen LogP contribution < -0.4 is 10.5 Å². The highest BCUT2D eigenvalue weighted by Gasteiger charge is 2.15. The first kappa shape index (κ1) is 14.4. The lowest BCUT2D eigenvalue weighted by molar-refractivity contribution is 0.601. The van der Waals surface area contributed by atoms with Gasteiger partial charge in [-0.25, -0.2) is 8.42 Å². The van der Waals surface area contributed by atoms with Crippen LogP contribution in [-0.2, 0) is 10.0 Å². The highest BCUT2D eigenvalue weighted by molar-refractivity contribution is 7.92. The number of aromatic nitrogens is 2. The normalized spacial score (nSPS) is 10.7. The molecule has 0 radical (unpaired) electrons. The number of nitrogens with two attached hydrogens (primary N) is 1. The molecule has 0 atom stereocenters. The number of sulfonamides is 1. The zero-order valence-corrected chi connectivity index (χ0v) is 11.8. The zero-order chi connectivity index (χ0) is 14.6. The van der Waals surface area contributed by atoms with Crippen LogP contribution in [0.15, 0.2) is 35.5 Å². The van der Waals surface area contributed by atoms with Gasteiger partial charge < -0.3 is 5.73 Å². The van der Waals surface area contributed by atoms with Gasteiger partial charge in [-0.3, -0.25) is 9.82 Å². The molecule has 0 fully saturated rings. The van der Waals surface area contributed by atoms with Crippen molar-refractivity contribution < 1.29 is 8.42 Å². The van der Waals surface area contributed by atoms with Crippen LogP contribution in [0.1, 0.15) is 5.56 Å². The van der Waals surface area contributed by atoms with E-state index >= 15 is 0 Å². The molecule has 0 spiro atoms. The van der Waals surface area contributed by atoms with E-state index in [4.69, 9.17) is 17.3 Å². The fraction of sp³-hybridized carbons (Fsp3) is 0.0833. The third-order valence-electron chi connectivity index (χ3n) is 2.33. The summed E-state index contributed by atoms with van der Waals surface area (Å²) in [5.41, 5.74) is 6.15. The van der Waals surface area contributed by atoms with Crippen molar-refractivity contribution in [2.45, 2.75) is 4.90 Å². The summed E-state index contributed by atoms with van der Waals surface area (Å²) in [4.78, 5) is 0.0436. The minimum absolute atomic E-state index is 0.0436. The summed E-state index contributed by atoms with van der Waals surface area (Å²) in [7, 11) is -3.68. The van der Waals surface area contributed by atoms with E-state index in [2.05, 4.69) is 26.8 Å². The summed E-state index contributed by atoms with van der Waals surface area (Å²) in [6, 6.07) is 4.66. The number of H-pyrrole nitrogens is 1. The molecule has 2 aromatic rings. The molecular weight excluding hydrogens is 300 g/mol. The quantitative estimate of drug-likeness (QED) is 0.741. The maximum atomic E-state index is 12.0. The molecule has 0 amide bonds. The molecule has 0 aliphatic carbocycles. The van der Waals surface area contributed by atoms with Gasteiger partial charge in [0.05, 0.1) is 23.5 Å². The van der Waals surface area contributed by atoms with Crippen molar-refractivity contribution in [2.24, 2.45) is 5.73 Å². The lowest BCUT2D eigenvalue weighted by Crippen LogP contribution is -2.12. The number of halogens is 1. The average molecular weight is 311 g/mol. The molecule has 1 aromatic heterocycles. The van der Waals surface area contributed by atoms with E-state index in [0.717, 1.165) is 0 Å². The van der Waals surface area contributed by atoms with Gasteiger partial charge in [-0.05, 0) is 18.2 Å². The molecular formula is C12H11ClN4O2S. The summed E-state index contributed by atoms with van der Waals surface area (Å²) >= 11 is 5.97. The highest BCUT2D eigenvalue weighted by Crippen LogP contribution is 2.21. The summed E-state index contributed by atoms with van der Waals surface area (Å²) in [5.74, 6) is 5.44. The second-order valence-electron chi connectivity index (χ2n) is 3.74. The number of hydrogen-bond acceptors (Lipinski definition) is 4. The van der Waals surface area contributed by atoms with Gasteiger partial charge in [-0.15, -0.1) is 0 Å². The van der Waals surface area contributed by atoms with E-state index < -0.39 is 10.0 Å². The minimum atomic E-state index is -3.68. The summed E-state index contributed by atoms with van der Waals surface area (Å²) in [6.45, 7) is 0.196. The first-order valence-electron chi connectivity index (χ1n) is 5.53. The standard InChI is InChI=1S/C12H11ClN4O2S/c13-12-4-3-10(6-9(12)2-1-5-14)17-20(18,19)11-7-15-16-8-11/h3-4,6-8,17H,5,14H2,(H,15,16). The van der Waals surface area contributed by atoms with E-state index in [9.17, 15) is 8.42 Å². The fourth-order valence-corrected chi connectivity index (χ4v) is 2.55. The number of rotatable bonds is 3. The number of benzene rings is 1. The van der Waals surface area contributed by atoms with Crippen LogP contribution in [0.4, 0.5) is 5.69 Å². The van der Waals surface area contributed by atoms with E-state index in [1.807, 2.05) is 0 Å². The lowest BCUT2D eigenvalue weighted by atomic mass is 10.2. The molecule has 2 rings (SSSR count). The van der Waals surface area contributed by atoms with E-state index in [-0.39, 0.29) is 11.4 Å². The monoisotopic (exact) mass is 310 g/mol. The van der Waals surface area contributed by atoms with Gasteiger partial charge in [-0.1, -0.05) is 23.4 Å². The number of anilines is 1. The van der Waals surface area contributed by atoms with Crippen molar-refractivity contribution in [1.82, 2.24) is 10.2 Å². The SMILES string of the molecule is NCC#Cc1cc(NS(=O)(=O)c2cn[nH]c2)ccc1Cl. The van der Waals surface area contributed by atoms with Gasteiger partial charge in [0.15, 0.2) is 0 Å². The molecule has 1 heterocycles. The van der Waals surface area contributed by atoms with E-state index in [1.165, 1.54) is 12.4 Å². The van der Waals surface area contributed by atoms with Crippen molar-refractivity contribution in [3.63, 3.8) is 0 Å². The summed E-state index contributed by atoms with van der Waals surface area (Å²) in [5, 5.41) is 6.47. The van der Waals surface area contributed by atoms with E-state index in [1.54, 1.807) is 18.2 Å². The Labute approximate surface area is 121 Å². The lowest BCUT2D eigenvalue weighted by Gasteiger charge is -2.07. The van der Waals surface area contributed by atoms with Crippen LogP contribution in [-0.4, -0.2) is 25.2 Å². The molecule has 104 valence electrons. The predicted octanol–water partition coefficient (Wildman–Crippen LogP) is 1.17. The Balaban J connectivity index is 2.31. The molecule has 1 aromatic carbocycles. The van der Waals surface area contributed by atoms with Gasteiger partial charge in [0.2, 0.25) is 0 Å². The first-order chi connectivity index (χ1) is 9.53. The second kappa shape index (κ2) is 5.96. The molecule has 8 heteroatoms. The van der Waals surface area contributed by atoms with Gasteiger partial charge >= 0.3 is 0 Å². The Morgan fingerprint density at radius 2 is 2.25 bits per heavy atom. The molecule has 0 bridgehead atoms. The predicted molar refractivity (Wildman–Crippen MR) is 76.8 cm³/mol. The molecule has 0 saturated heterocycles. The van der Waals surface area contributed by atoms with Crippen LogP contribution in [0.3, 0.4) is 0 Å². The number of hydrogen-bond donors (Lipinski definition) is 3. The summed E-state index contributed by atoms with van der Waals surface area (Å²) < 4.78 is 26.4. The Kier molecular flexibility index (Phi) is 4.29. The van der Waals surface area contributed by atoms with Gasteiger partial charge in [0, 0.05) is 11.8 Å². The molecule has 0 aliphatic heterocycles. The Hall–Kier alpha value is -2.01. The van der Waals surface area contributed by atoms with Crippen LogP contribution in [0, 0.1) is 11.8 Å². The van der Waals surface area contributed by atoms with Crippen molar-refractivity contribution >= 4 is 27.3 Å². The Morgan fingerprint density at radius 3 is 2.90 bits per heavy atom. The highest BCUT2D eigenvalue weighted by atomic mass is 35.5. The molecule has 0 aliphatic rings. The van der Waals surface area contributed by atoms with E-state index in [0.29, 0.717) is 16.3 Å². The maximum Gasteiger partial charge on any atom is 0.265 e. The first-order valence-corrected chi connectivity index (χ1v) is 7.39. The molecule has 6 nitrogen and oxygen atoms in total. The zero-order valence-electron chi connectivity index (χ0n) is 10.2. The average Bonchev–Trinajstić information content (AvgIpc) is 2.94. The molecule has 20 heavy (non-hydrogen) atoms. The van der Waals surface area contributed by atoms with Crippen molar-refractivity contribution in [2.75, 3.05) is 11.3 Å². The Morgan fingerprint density at radius 1 is 1.45 bits per heavy atom. The van der Waals surface area contributed by atoms with Crippen LogP contribution in [0.2, 0.25) is 5.02 Å². The van der Waals surface area contributed by atoms with Crippen molar-refractivity contribution in [3.05, 3.63) is 41.2 Å². The van der Waals surface area contributed by atoms with Crippen molar-refractivity contribution in [1.29, 1.82) is 0 Å². The fourth-order valence-electron chi connectivity index (χ4n) is 1.43. The van der Waals surface area contributed by atoms with Crippen LogP contribution >= 0.6 is 11.6 Å². The maximum absolute atomic E-state index is 12.0. The summed E-state index contributed by atoms with van der Waals surface area (Å²) in [6.07, 6.45) is 2.50. The van der Waals surface area contributed by atoms with Crippen molar-refractivity contribution in [3.8, 4) is 11.8 Å². The smallest absolute Gasteiger partial charge is 0.265 e. The largest absolute Gasteiger partial charge is 0.320 e. The third kappa shape index (κ3) is 3.30. The van der Waals surface area contributed by atoms with Gasteiger partial charge in [0.25, 0.3) is 10.0 Å². The molecule has 4 N–H and O–H groups in total. The number of nitrogens with one attached hydrogen (secondary N) is 2. The second-order valence-corrected chi connectivity index (χ2v) is 5.83. The molecule has 0 unspecified atom stereocenters. The number of aromatic amines is 1. The van der Waals surface area contributed by atoms with Gasteiger partial charge in [-0.2, -0.15) is 5.10 Å². The molecule has 0 saturated carbocycles. The van der Waals surface area contributed by atoms with Crippen LogP contribution in [0.25, 0.3) is 0 Å². The topological polar surface area (TPSA) is 101 Å². The Bertz CT molecular complexity index is 760. The minimum Gasteiger partial charge on any atom is -0.320 e.